The van der Waals surface area contributed by atoms with Crippen LogP contribution in [0.4, 0.5) is 0 Å². The van der Waals surface area contributed by atoms with E-state index >= 15 is 0 Å². The Morgan fingerprint density at radius 3 is 2.62 bits per heavy atom. The first-order valence-electron chi connectivity index (χ1n) is 7.41. The molecule has 0 aromatic rings. The fourth-order valence-electron chi connectivity index (χ4n) is 3.18. The Balaban J connectivity index is 0.00000220. The van der Waals surface area contributed by atoms with E-state index < -0.39 is 10.0 Å². The number of halogens is 1. The molecule has 0 aromatic heterocycles. The monoisotopic (exact) mass is 339 g/mol. The Labute approximate surface area is 133 Å². The zero-order valence-corrected chi connectivity index (χ0v) is 14.1. The summed E-state index contributed by atoms with van der Waals surface area (Å²) in [4.78, 5) is 11.9. The molecule has 2 rings (SSSR count). The average molecular weight is 340 g/mol. The van der Waals surface area contributed by atoms with Gasteiger partial charge in [-0.2, -0.15) is 0 Å². The van der Waals surface area contributed by atoms with Gasteiger partial charge in [-0.25, -0.2) is 13.1 Å². The Morgan fingerprint density at radius 2 is 2.00 bits per heavy atom. The third-order valence-corrected chi connectivity index (χ3v) is 4.91. The first-order chi connectivity index (χ1) is 9.44. The molecule has 8 heteroatoms. The van der Waals surface area contributed by atoms with Crippen molar-refractivity contribution < 1.29 is 13.2 Å². The van der Waals surface area contributed by atoms with Crippen LogP contribution in [0.5, 0.6) is 0 Å². The molecule has 21 heavy (non-hydrogen) atoms. The van der Waals surface area contributed by atoms with Crippen LogP contribution in [0, 0.1) is 5.92 Å². The van der Waals surface area contributed by atoms with Crippen LogP contribution in [-0.4, -0.2) is 45.8 Å². The lowest BCUT2D eigenvalue weighted by atomic mass is 10.0. The highest BCUT2D eigenvalue weighted by atomic mass is 35.5. The fourth-order valence-corrected chi connectivity index (χ4v) is 4.04. The van der Waals surface area contributed by atoms with Crippen LogP contribution in [0.3, 0.4) is 0 Å². The average Bonchev–Trinajstić information content (AvgIpc) is 2.96. The minimum atomic E-state index is -3.17. The second kappa shape index (κ2) is 8.31. The van der Waals surface area contributed by atoms with E-state index in [1.807, 2.05) is 0 Å². The Hall–Kier alpha value is -0.370. The number of amides is 1. The topological polar surface area (TPSA) is 87.3 Å². The van der Waals surface area contributed by atoms with Gasteiger partial charge >= 0.3 is 0 Å². The lowest BCUT2D eigenvalue weighted by Crippen LogP contribution is -2.42. The molecule has 6 nitrogen and oxygen atoms in total. The molecule has 0 aromatic carbocycles. The van der Waals surface area contributed by atoms with Crippen molar-refractivity contribution in [3.63, 3.8) is 0 Å². The van der Waals surface area contributed by atoms with Gasteiger partial charge in [-0.3, -0.25) is 4.79 Å². The first kappa shape index (κ1) is 18.7. The largest absolute Gasteiger partial charge is 0.356 e. The second-order valence-electron chi connectivity index (χ2n) is 5.99. The molecule has 3 atom stereocenters. The molecule has 1 aliphatic heterocycles. The number of hydrogen-bond donors (Lipinski definition) is 3. The van der Waals surface area contributed by atoms with Crippen LogP contribution < -0.4 is 15.4 Å². The van der Waals surface area contributed by atoms with Gasteiger partial charge in [0.2, 0.25) is 15.9 Å². The molecule has 1 saturated heterocycles. The van der Waals surface area contributed by atoms with Gasteiger partial charge in [-0.1, -0.05) is 6.42 Å². The molecule has 2 aliphatic rings. The van der Waals surface area contributed by atoms with Crippen molar-refractivity contribution in [1.29, 1.82) is 0 Å². The summed E-state index contributed by atoms with van der Waals surface area (Å²) in [6, 6.07) is 0.276. The highest BCUT2D eigenvalue weighted by Crippen LogP contribution is 2.25. The molecule has 1 heterocycles. The Morgan fingerprint density at radius 1 is 1.24 bits per heavy atom. The van der Waals surface area contributed by atoms with Crippen molar-refractivity contribution in [3.8, 4) is 0 Å². The smallest absolute Gasteiger partial charge is 0.221 e. The first-order valence-corrected chi connectivity index (χ1v) is 9.30. The zero-order valence-electron chi connectivity index (χ0n) is 12.4. The van der Waals surface area contributed by atoms with Crippen molar-refractivity contribution in [2.24, 2.45) is 5.92 Å². The Bertz CT molecular complexity index is 438. The molecule has 3 unspecified atom stereocenters. The predicted molar refractivity (Wildman–Crippen MR) is 85.0 cm³/mol. The summed E-state index contributed by atoms with van der Waals surface area (Å²) < 4.78 is 25.3. The lowest BCUT2D eigenvalue weighted by molar-refractivity contribution is -0.121. The molecule has 1 aliphatic carbocycles. The summed E-state index contributed by atoms with van der Waals surface area (Å²) in [5.74, 6) is 0.277. The standard InChI is InChI=1S/C13H25N3O3S.ClH/c1-20(18,19)16-12-6-2-4-10(12)9-15-13(17)8-11-5-3-7-14-11;/h10-12,14,16H,2-9H2,1H3,(H,15,17);1H. The van der Waals surface area contributed by atoms with E-state index in [2.05, 4.69) is 15.4 Å². The minimum absolute atomic E-state index is 0. The number of sulfonamides is 1. The maximum Gasteiger partial charge on any atom is 0.221 e. The minimum Gasteiger partial charge on any atom is -0.356 e. The van der Waals surface area contributed by atoms with E-state index in [1.54, 1.807) is 0 Å². The molecule has 1 amide bonds. The maximum absolute atomic E-state index is 11.9. The van der Waals surface area contributed by atoms with E-state index in [4.69, 9.17) is 0 Å². The normalized spacial score (nSPS) is 29.1. The van der Waals surface area contributed by atoms with E-state index in [-0.39, 0.29) is 30.3 Å². The van der Waals surface area contributed by atoms with Crippen LogP contribution in [0.2, 0.25) is 0 Å². The van der Waals surface area contributed by atoms with Gasteiger partial charge in [0, 0.05) is 25.0 Å². The summed E-state index contributed by atoms with van der Waals surface area (Å²) in [6.07, 6.45) is 6.75. The summed E-state index contributed by atoms with van der Waals surface area (Å²) in [5, 5.41) is 6.26. The Kier molecular flexibility index (Phi) is 7.39. The molecule has 124 valence electrons. The van der Waals surface area contributed by atoms with Crippen molar-refractivity contribution in [3.05, 3.63) is 0 Å². The molecule has 3 N–H and O–H groups in total. The van der Waals surface area contributed by atoms with Crippen LogP contribution in [0.25, 0.3) is 0 Å². The molecule has 0 spiro atoms. The molecule has 1 saturated carbocycles. The van der Waals surface area contributed by atoms with Gasteiger partial charge in [0.15, 0.2) is 0 Å². The number of rotatable bonds is 6. The van der Waals surface area contributed by atoms with Gasteiger partial charge in [0.25, 0.3) is 0 Å². The molecular formula is C13H26ClN3O3S. The van der Waals surface area contributed by atoms with Gasteiger partial charge in [0.05, 0.1) is 6.26 Å². The number of nitrogens with one attached hydrogen (secondary N) is 3. The van der Waals surface area contributed by atoms with E-state index in [9.17, 15) is 13.2 Å². The maximum atomic E-state index is 11.9. The predicted octanol–water partition coefficient (Wildman–Crippen LogP) is 0.384. The molecule has 2 fully saturated rings. The summed E-state index contributed by atoms with van der Waals surface area (Å²) >= 11 is 0. The highest BCUT2D eigenvalue weighted by Gasteiger charge is 2.29. The van der Waals surface area contributed by atoms with Crippen LogP contribution >= 0.6 is 12.4 Å². The molecule has 0 bridgehead atoms. The molecular weight excluding hydrogens is 314 g/mol. The number of hydrogen-bond acceptors (Lipinski definition) is 4. The van der Waals surface area contributed by atoms with Crippen molar-refractivity contribution in [2.75, 3.05) is 19.3 Å². The van der Waals surface area contributed by atoms with Crippen LogP contribution in [0.1, 0.15) is 38.5 Å². The third-order valence-electron chi connectivity index (χ3n) is 4.18. The van der Waals surface area contributed by atoms with E-state index in [0.29, 0.717) is 19.0 Å². The second-order valence-corrected chi connectivity index (χ2v) is 7.77. The summed E-state index contributed by atoms with van der Waals surface area (Å²) in [7, 11) is -3.17. The molecule has 0 radical (unpaired) electrons. The van der Waals surface area contributed by atoms with E-state index in [1.165, 1.54) is 6.26 Å². The highest BCUT2D eigenvalue weighted by molar-refractivity contribution is 7.88. The summed E-state index contributed by atoms with van der Waals surface area (Å²) in [6.45, 7) is 1.57. The van der Waals surface area contributed by atoms with Gasteiger partial charge < -0.3 is 10.6 Å². The number of carbonyl (C=O) groups excluding carboxylic acids is 1. The van der Waals surface area contributed by atoms with E-state index in [0.717, 1.165) is 38.6 Å². The van der Waals surface area contributed by atoms with Gasteiger partial charge in [-0.15, -0.1) is 12.4 Å². The lowest BCUT2D eigenvalue weighted by Gasteiger charge is -2.20. The number of carbonyl (C=O) groups is 1. The van der Waals surface area contributed by atoms with Gasteiger partial charge in [-0.05, 0) is 38.1 Å². The van der Waals surface area contributed by atoms with Crippen molar-refractivity contribution >= 4 is 28.3 Å². The quantitative estimate of drug-likeness (QED) is 0.653. The van der Waals surface area contributed by atoms with Crippen LogP contribution in [-0.2, 0) is 14.8 Å². The van der Waals surface area contributed by atoms with Crippen molar-refractivity contribution in [1.82, 2.24) is 15.4 Å². The summed E-state index contributed by atoms with van der Waals surface area (Å²) in [5.41, 5.74) is 0. The van der Waals surface area contributed by atoms with Gasteiger partial charge in [0.1, 0.15) is 0 Å². The third kappa shape index (κ3) is 6.50. The van der Waals surface area contributed by atoms with Crippen LogP contribution in [0.15, 0.2) is 0 Å². The zero-order chi connectivity index (χ0) is 14.6. The van der Waals surface area contributed by atoms with Crippen molar-refractivity contribution in [2.45, 2.75) is 50.6 Å². The SMILES string of the molecule is CS(=O)(=O)NC1CCCC1CNC(=O)CC1CCCN1.Cl. The fraction of sp³-hybridized carbons (Fsp3) is 0.923.